The fraction of sp³-hybridized carbons (Fsp3) is 0.450. The lowest BCUT2D eigenvalue weighted by molar-refractivity contribution is -0.128. The largest absolute Gasteiger partial charge is 0.391 e. The third-order valence-electron chi connectivity index (χ3n) is 5.22. The predicted molar refractivity (Wildman–Crippen MR) is 103 cm³/mol. The minimum atomic E-state index is -0.281. The zero-order chi connectivity index (χ0) is 18.6. The molecular formula is C20H25N5O2. The van der Waals surface area contributed by atoms with Gasteiger partial charge < -0.3 is 20.2 Å². The molecule has 0 aliphatic carbocycles. The topological polar surface area (TPSA) is 81.6 Å². The van der Waals surface area contributed by atoms with Crippen molar-refractivity contribution >= 4 is 17.7 Å². The van der Waals surface area contributed by atoms with Crippen LogP contribution in [-0.2, 0) is 17.9 Å². The summed E-state index contributed by atoms with van der Waals surface area (Å²) in [6.45, 7) is 3.52. The van der Waals surface area contributed by atoms with Gasteiger partial charge in [-0.3, -0.25) is 4.79 Å². The summed E-state index contributed by atoms with van der Waals surface area (Å²) in [7, 11) is 0. The Bertz CT molecular complexity index is 812. The summed E-state index contributed by atoms with van der Waals surface area (Å²) in [5, 5.41) is 13.0. The summed E-state index contributed by atoms with van der Waals surface area (Å²) >= 11 is 0. The third kappa shape index (κ3) is 4.19. The Labute approximate surface area is 159 Å². The number of carbonyl (C=O) groups excluding carboxylic acids is 1. The maximum Gasteiger partial charge on any atom is 0.224 e. The van der Waals surface area contributed by atoms with Gasteiger partial charge in [0.15, 0.2) is 0 Å². The van der Waals surface area contributed by atoms with E-state index in [1.165, 1.54) is 0 Å². The monoisotopic (exact) mass is 367 g/mol. The molecule has 0 saturated carbocycles. The van der Waals surface area contributed by atoms with E-state index in [1.807, 2.05) is 23.1 Å². The second-order valence-corrected chi connectivity index (χ2v) is 7.17. The molecule has 1 unspecified atom stereocenters. The number of nitrogens with one attached hydrogen (secondary N) is 1. The molecule has 7 nitrogen and oxygen atoms in total. The van der Waals surface area contributed by atoms with Crippen LogP contribution in [0, 0.1) is 0 Å². The van der Waals surface area contributed by atoms with Gasteiger partial charge in [-0.05, 0) is 30.0 Å². The average molecular weight is 367 g/mol. The second kappa shape index (κ2) is 7.92. The van der Waals surface area contributed by atoms with E-state index in [2.05, 4.69) is 32.3 Å². The molecule has 0 bridgehead atoms. The Hall–Kier alpha value is -2.67. The molecule has 2 aromatic rings. The SMILES string of the molecule is O=C1CCCN1Cc1ccccc1CNc1nccc(N2CCC(O)C2)n1. The number of anilines is 2. The quantitative estimate of drug-likeness (QED) is 0.810. The van der Waals surface area contributed by atoms with Crippen molar-refractivity contribution in [3.05, 3.63) is 47.7 Å². The Kier molecular flexibility index (Phi) is 5.20. The highest BCUT2D eigenvalue weighted by Gasteiger charge is 2.22. The first-order chi connectivity index (χ1) is 13.2. The Balaban J connectivity index is 1.42. The van der Waals surface area contributed by atoms with Gasteiger partial charge in [-0.25, -0.2) is 4.98 Å². The van der Waals surface area contributed by atoms with E-state index >= 15 is 0 Å². The summed E-state index contributed by atoms with van der Waals surface area (Å²) in [5.74, 6) is 1.64. The molecule has 27 heavy (non-hydrogen) atoms. The van der Waals surface area contributed by atoms with Crippen LogP contribution in [0.15, 0.2) is 36.5 Å². The Morgan fingerprint density at radius 3 is 2.78 bits per heavy atom. The van der Waals surface area contributed by atoms with E-state index in [0.717, 1.165) is 42.9 Å². The third-order valence-corrected chi connectivity index (χ3v) is 5.22. The van der Waals surface area contributed by atoms with Crippen molar-refractivity contribution in [1.82, 2.24) is 14.9 Å². The van der Waals surface area contributed by atoms with Crippen molar-refractivity contribution in [3.8, 4) is 0 Å². The molecular weight excluding hydrogens is 342 g/mol. The molecule has 142 valence electrons. The molecule has 1 amide bonds. The summed E-state index contributed by atoms with van der Waals surface area (Å²) in [5.41, 5.74) is 2.29. The number of carbonyl (C=O) groups is 1. The van der Waals surface area contributed by atoms with Gasteiger partial charge in [0.05, 0.1) is 6.10 Å². The molecule has 0 radical (unpaired) electrons. The minimum absolute atomic E-state index is 0.238. The zero-order valence-electron chi connectivity index (χ0n) is 15.3. The van der Waals surface area contributed by atoms with E-state index in [0.29, 0.717) is 32.0 Å². The van der Waals surface area contributed by atoms with Gasteiger partial charge in [0, 0.05) is 45.3 Å². The number of hydrogen-bond acceptors (Lipinski definition) is 6. The number of hydrogen-bond donors (Lipinski definition) is 2. The highest BCUT2D eigenvalue weighted by atomic mass is 16.3. The molecule has 2 aliphatic rings. The number of benzene rings is 1. The number of aliphatic hydroxyl groups excluding tert-OH is 1. The number of aromatic nitrogens is 2. The number of amides is 1. The molecule has 2 N–H and O–H groups in total. The molecule has 1 aromatic heterocycles. The fourth-order valence-corrected chi connectivity index (χ4v) is 3.70. The number of nitrogens with zero attached hydrogens (tertiary/aromatic N) is 4. The number of rotatable bonds is 6. The fourth-order valence-electron chi connectivity index (χ4n) is 3.70. The van der Waals surface area contributed by atoms with Crippen LogP contribution in [0.5, 0.6) is 0 Å². The summed E-state index contributed by atoms with van der Waals surface area (Å²) in [4.78, 5) is 24.8. The van der Waals surface area contributed by atoms with E-state index in [1.54, 1.807) is 6.20 Å². The van der Waals surface area contributed by atoms with Crippen molar-refractivity contribution < 1.29 is 9.90 Å². The summed E-state index contributed by atoms with van der Waals surface area (Å²) in [6, 6.07) is 10.0. The lowest BCUT2D eigenvalue weighted by Gasteiger charge is -2.19. The van der Waals surface area contributed by atoms with Crippen LogP contribution in [0.1, 0.15) is 30.4 Å². The Morgan fingerprint density at radius 1 is 1.19 bits per heavy atom. The molecule has 1 aromatic carbocycles. The van der Waals surface area contributed by atoms with Crippen molar-refractivity contribution in [3.63, 3.8) is 0 Å². The lowest BCUT2D eigenvalue weighted by Crippen LogP contribution is -2.24. The maximum absolute atomic E-state index is 11.9. The van der Waals surface area contributed by atoms with Gasteiger partial charge in [0.25, 0.3) is 0 Å². The van der Waals surface area contributed by atoms with Crippen LogP contribution in [0.2, 0.25) is 0 Å². The van der Waals surface area contributed by atoms with Gasteiger partial charge in [0.2, 0.25) is 11.9 Å². The van der Waals surface area contributed by atoms with E-state index in [4.69, 9.17) is 0 Å². The number of β-amino-alcohol motifs (C(OH)–C–C–N with tert-alkyl or cyclic N) is 1. The highest BCUT2D eigenvalue weighted by molar-refractivity contribution is 5.78. The number of aliphatic hydroxyl groups is 1. The van der Waals surface area contributed by atoms with Crippen molar-refractivity contribution in [1.29, 1.82) is 0 Å². The summed E-state index contributed by atoms with van der Waals surface area (Å²) in [6.07, 6.45) is 3.84. The van der Waals surface area contributed by atoms with Crippen molar-refractivity contribution in [2.24, 2.45) is 0 Å². The first kappa shape index (κ1) is 17.7. The van der Waals surface area contributed by atoms with E-state index in [-0.39, 0.29) is 12.0 Å². The molecule has 0 spiro atoms. The van der Waals surface area contributed by atoms with Gasteiger partial charge in [-0.1, -0.05) is 24.3 Å². The molecule has 1 atom stereocenters. The smallest absolute Gasteiger partial charge is 0.224 e. The van der Waals surface area contributed by atoms with Gasteiger partial charge in [0.1, 0.15) is 5.82 Å². The van der Waals surface area contributed by atoms with Crippen LogP contribution in [0.25, 0.3) is 0 Å². The van der Waals surface area contributed by atoms with Crippen LogP contribution in [0.4, 0.5) is 11.8 Å². The van der Waals surface area contributed by atoms with Crippen molar-refractivity contribution in [2.75, 3.05) is 29.9 Å². The van der Waals surface area contributed by atoms with Crippen LogP contribution in [-0.4, -0.2) is 51.6 Å². The van der Waals surface area contributed by atoms with E-state index in [9.17, 15) is 9.90 Å². The molecule has 2 aliphatic heterocycles. The minimum Gasteiger partial charge on any atom is -0.391 e. The van der Waals surface area contributed by atoms with Crippen LogP contribution in [0.3, 0.4) is 0 Å². The van der Waals surface area contributed by atoms with Crippen LogP contribution >= 0.6 is 0 Å². The first-order valence-corrected chi connectivity index (χ1v) is 9.53. The van der Waals surface area contributed by atoms with Crippen LogP contribution < -0.4 is 10.2 Å². The molecule has 7 heteroatoms. The van der Waals surface area contributed by atoms with Crippen molar-refractivity contribution in [2.45, 2.75) is 38.5 Å². The maximum atomic E-state index is 11.9. The zero-order valence-corrected chi connectivity index (χ0v) is 15.3. The normalized spacial score (nSPS) is 19.7. The predicted octanol–water partition coefficient (Wildman–Crippen LogP) is 1.78. The molecule has 3 heterocycles. The average Bonchev–Trinajstić information content (AvgIpc) is 3.30. The lowest BCUT2D eigenvalue weighted by atomic mass is 10.1. The standard InChI is InChI=1S/C20H25N5O2/c26-17-8-11-24(14-17)18-7-9-21-20(23-18)22-12-15-4-1-2-5-16(15)13-25-10-3-6-19(25)27/h1-2,4-5,7,9,17,26H,3,6,8,10-14H2,(H,21,22,23). The van der Waals surface area contributed by atoms with E-state index < -0.39 is 0 Å². The number of likely N-dealkylation sites (tertiary alicyclic amines) is 1. The molecule has 4 rings (SSSR count). The summed E-state index contributed by atoms with van der Waals surface area (Å²) < 4.78 is 0. The highest BCUT2D eigenvalue weighted by Crippen LogP contribution is 2.20. The van der Waals surface area contributed by atoms with Gasteiger partial charge >= 0.3 is 0 Å². The van der Waals surface area contributed by atoms with Gasteiger partial charge in [-0.2, -0.15) is 4.98 Å². The van der Waals surface area contributed by atoms with Gasteiger partial charge in [-0.15, -0.1) is 0 Å². The Morgan fingerprint density at radius 2 is 2.04 bits per heavy atom. The second-order valence-electron chi connectivity index (χ2n) is 7.17. The first-order valence-electron chi connectivity index (χ1n) is 9.53. The molecule has 2 fully saturated rings. The molecule has 2 saturated heterocycles.